The third-order valence-electron chi connectivity index (χ3n) is 4.44. The lowest BCUT2D eigenvalue weighted by molar-refractivity contribution is 0.129. The van der Waals surface area contributed by atoms with Gasteiger partial charge >= 0.3 is 0 Å². The highest BCUT2D eigenvalue weighted by Gasteiger charge is 2.29. The average Bonchev–Trinajstić information content (AvgIpc) is 2.55. The van der Waals surface area contributed by atoms with Crippen molar-refractivity contribution in [2.24, 2.45) is 5.92 Å². The van der Waals surface area contributed by atoms with E-state index >= 15 is 0 Å². The standard InChI is InChI=1S/C19H22FNO/c1-21-12-11-19(15-7-9-17(20)10-8-15)16(13-21)14-22-18-5-3-2-4-6-18/h2-10,16,19H,11-14H2,1H3. The molecule has 2 unspecified atom stereocenters. The SMILES string of the molecule is CN1CCC(c2ccc(F)cc2)C(COc2ccccc2)C1. The molecular formula is C19H22FNO. The molecule has 0 radical (unpaired) electrons. The number of hydrogen-bond donors (Lipinski definition) is 0. The van der Waals surface area contributed by atoms with E-state index in [0.717, 1.165) is 25.3 Å². The Labute approximate surface area is 131 Å². The number of rotatable bonds is 4. The Morgan fingerprint density at radius 2 is 1.82 bits per heavy atom. The van der Waals surface area contributed by atoms with Crippen LogP contribution in [0.3, 0.4) is 0 Å². The van der Waals surface area contributed by atoms with Crippen molar-refractivity contribution < 1.29 is 9.13 Å². The minimum Gasteiger partial charge on any atom is -0.493 e. The molecule has 2 atom stereocenters. The highest BCUT2D eigenvalue weighted by molar-refractivity contribution is 5.23. The fraction of sp³-hybridized carbons (Fsp3) is 0.368. The van der Waals surface area contributed by atoms with Crippen LogP contribution in [-0.4, -0.2) is 31.6 Å². The Bertz CT molecular complexity index is 584. The van der Waals surface area contributed by atoms with Crippen molar-refractivity contribution in [2.75, 3.05) is 26.7 Å². The van der Waals surface area contributed by atoms with E-state index in [1.165, 1.54) is 5.56 Å². The molecule has 0 bridgehead atoms. The van der Waals surface area contributed by atoms with Crippen LogP contribution in [-0.2, 0) is 0 Å². The molecule has 2 nitrogen and oxygen atoms in total. The van der Waals surface area contributed by atoms with Crippen molar-refractivity contribution in [3.05, 3.63) is 66.0 Å². The molecular weight excluding hydrogens is 277 g/mol. The summed E-state index contributed by atoms with van der Waals surface area (Å²) in [4.78, 5) is 2.35. The van der Waals surface area contributed by atoms with Crippen molar-refractivity contribution in [2.45, 2.75) is 12.3 Å². The zero-order chi connectivity index (χ0) is 15.4. The van der Waals surface area contributed by atoms with Gasteiger partial charge in [0.2, 0.25) is 0 Å². The highest BCUT2D eigenvalue weighted by atomic mass is 19.1. The van der Waals surface area contributed by atoms with E-state index in [4.69, 9.17) is 4.74 Å². The lowest BCUT2D eigenvalue weighted by Gasteiger charge is -2.37. The maximum absolute atomic E-state index is 13.1. The fourth-order valence-corrected chi connectivity index (χ4v) is 3.25. The van der Waals surface area contributed by atoms with Crippen LogP contribution in [0.5, 0.6) is 5.75 Å². The minimum atomic E-state index is -0.172. The molecule has 3 rings (SSSR count). The number of piperidine rings is 1. The smallest absolute Gasteiger partial charge is 0.123 e. The molecule has 22 heavy (non-hydrogen) atoms. The molecule has 1 heterocycles. The first-order chi connectivity index (χ1) is 10.7. The maximum atomic E-state index is 13.1. The van der Waals surface area contributed by atoms with Crippen LogP contribution in [0.2, 0.25) is 0 Å². The predicted molar refractivity (Wildman–Crippen MR) is 86.7 cm³/mol. The van der Waals surface area contributed by atoms with E-state index in [-0.39, 0.29) is 5.82 Å². The molecule has 3 heteroatoms. The summed E-state index contributed by atoms with van der Waals surface area (Å²) in [7, 11) is 2.15. The van der Waals surface area contributed by atoms with Crippen LogP contribution >= 0.6 is 0 Å². The first kappa shape index (κ1) is 15.0. The van der Waals surface area contributed by atoms with Crippen molar-refractivity contribution >= 4 is 0 Å². The molecule has 2 aromatic rings. The molecule has 0 N–H and O–H groups in total. The number of nitrogens with zero attached hydrogens (tertiary/aromatic N) is 1. The van der Waals surface area contributed by atoms with E-state index in [0.29, 0.717) is 18.4 Å². The summed E-state index contributed by atoms with van der Waals surface area (Å²) >= 11 is 0. The number of ether oxygens (including phenoxy) is 1. The highest BCUT2D eigenvalue weighted by Crippen LogP contribution is 2.33. The summed E-state index contributed by atoms with van der Waals surface area (Å²) in [6.45, 7) is 2.77. The second kappa shape index (κ2) is 6.93. The van der Waals surface area contributed by atoms with Crippen LogP contribution < -0.4 is 4.74 Å². The van der Waals surface area contributed by atoms with Gasteiger partial charge in [-0.05, 0) is 55.8 Å². The van der Waals surface area contributed by atoms with Crippen LogP contribution in [0.25, 0.3) is 0 Å². The molecule has 1 fully saturated rings. The summed E-state index contributed by atoms with van der Waals surface area (Å²) in [5.41, 5.74) is 1.22. The van der Waals surface area contributed by atoms with Gasteiger partial charge < -0.3 is 9.64 Å². The van der Waals surface area contributed by atoms with Gasteiger partial charge in [-0.15, -0.1) is 0 Å². The number of benzene rings is 2. The van der Waals surface area contributed by atoms with E-state index < -0.39 is 0 Å². The van der Waals surface area contributed by atoms with Gasteiger partial charge in [0.15, 0.2) is 0 Å². The number of hydrogen-bond acceptors (Lipinski definition) is 2. The van der Waals surface area contributed by atoms with Crippen molar-refractivity contribution in [1.82, 2.24) is 4.90 Å². The third-order valence-corrected chi connectivity index (χ3v) is 4.44. The zero-order valence-corrected chi connectivity index (χ0v) is 12.9. The maximum Gasteiger partial charge on any atom is 0.123 e. The summed E-state index contributed by atoms with van der Waals surface area (Å²) in [5.74, 6) is 1.59. The Kier molecular flexibility index (Phi) is 4.74. The van der Waals surface area contributed by atoms with Crippen LogP contribution in [0.15, 0.2) is 54.6 Å². The van der Waals surface area contributed by atoms with Gasteiger partial charge in [-0.25, -0.2) is 4.39 Å². The second-order valence-corrected chi connectivity index (χ2v) is 6.09. The lowest BCUT2D eigenvalue weighted by Crippen LogP contribution is -2.39. The quantitative estimate of drug-likeness (QED) is 0.848. The van der Waals surface area contributed by atoms with E-state index in [1.54, 1.807) is 12.1 Å². The molecule has 2 aromatic carbocycles. The molecule has 1 aliphatic heterocycles. The van der Waals surface area contributed by atoms with E-state index in [1.807, 2.05) is 42.5 Å². The summed E-state index contributed by atoms with van der Waals surface area (Å²) in [6.07, 6.45) is 1.09. The van der Waals surface area contributed by atoms with Crippen LogP contribution in [0.1, 0.15) is 17.9 Å². The van der Waals surface area contributed by atoms with Crippen molar-refractivity contribution in [3.8, 4) is 5.75 Å². The van der Waals surface area contributed by atoms with Crippen LogP contribution in [0, 0.1) is 11.7 Å². The topological polar surface area (TPSA) is 12.5 Å². The number of likely N-dealkylation sites (tertiary alicyclic amines) is 1. The van der Waals surface area contributed by atoms with Crippen LogP contribution in [0.4, 0.5) is 4.39 Å². The normalized spacial score (nSPS) is 22.5. The first-order valence-electron chi connectivity index (χ1n) is 7.84. The van der Waals surface area contributed by atoms with Gasteiger partial charge in [-0.2, -0.15) is 0 Å². The molecule has 0 amide bonds. The molecule has 0 aliphatic carbocycles. The van der Waals surface area contributed by atoms with Gasteiger partial charge in [-0.1, -0.05) is 30.3 Å². The Morgan fingerprint density at radius 3 is 2.55 bits per heavy atom. The Morgan fingerprint density at radius 1 is 1.09 bits per heavy atom. The molecule has 0 aromatic heterocycles. The monoisotopic (exact) mass is 299 g/mol. The van der Waals surface area contributed by atoms with Gasteiger partial charge in [0, 0.05) is 12.5 Å². The van der Waals surface area contributed by atoms with Gasteiger partial charge in [-0.3, -0.25) is 0 Å². The zero-order valence-electron chi connectivity index (χ0n) is 12.9. The largest absolute Gasteiger partial charge is 0.493 e. The summed E-state index contributed by atoms with van der Waals surface area (Å²) < 4.78 is 19.1. The number of para-hydroxylation sites is 1. The van der Waals surface area contributed by atoms with E-state index in [9.17, 15) is 4.39 Å². The molecule has 1 aliphatic rings. The third kappa shape index (κ3) is 3.66. The lowest BCUT2D eigenvalue weighted by atomic mass is 9.81. The molecule has 1 saturated heterocycles. The van der Waals surface area contributed by atoms with Crippen molar-refractivity contribution in [1.29, 1.82) is 0 Å². The molecule has 0 spiro atoms. The Balaban J connectivity index is 1.71. The molecule has 0 saturated carbocycles. The summed E-state index contributed by atoms with van der Waals surface area (Å²) in [6, 6.07) is 16.9. The molecule has 116 valence electrons. The van der Waals surface area contributed by atoms with Gasteiger partial charge in [0.1, 0.15) is 11.6 Å². The second-order valence-electron chi connectivity index (χ2n) is 6.09. The Hall–Kier alpha value is -1.87. The van der Waals surface area contributed by atoms with Gasteiger partial charge in [0.05, 0.1) is 6.61 Å². The first-order valence-corrected chi connectivity index (χ1v) is 7.84. The van der Waals surface area contributed by atoms with Gasteiger partial charge in [0.25, 0.3) is 0 Å². The number of halogens is 1. The fourth-order valence-electron chi connectivity index (χ4n) is 3.25. The predicted octanol–water partition coefficient (Wildman–Crippen LogP) is 3.94. The minimum absolute atomic E-state index is 0.172. The van der Waals surface area contributed by atoms with E-state index in [2.05, 4.69) is 11.9 Å². The van der Waals surface area contributed by atoms with Crippen molar-refractivity contribution in [3.63, 3.8) is 0 Å². The average molecular weight is 299 g/mol. The summed E-state index contributed by atoms with van der Waals surface area (Å²) in [5, 5.41) is 0.